The highest BCUT2D eigenvalue weighted by Crippen LogP contribution is 2.25. The van der Waals surface area contributed by atoms with Gasteiger partial charge < -0.3 is 20.7 Å². The molecule has 0 aliphatic heterocycles. The number of methoxy groups -OCH3 is 1. The van der Waals surface area contributed by atoms with Gasteiger partial charge in [-0.1, -0.05) is 6.07 Å². The molecule has 116 valence electrons. The summed E-state index contributed by atoms with van der Waals surface area (Å²) in [7, 11) is 1.55. The Morgan fingerprint density at radius 1 is 1.29 bits per heavy atom. The van der Waals surface area contributed by atoms with E-state index in [2.05, 4.69) is 16.0 Å². The van der Waals surface area contributed by atoms with Crippen molar-refractivity contribution in [3.63, 3.8) is 0 Å². The van der Waals surface area contributed by atoms with Crippen molar-refractivity contribution in [1.29, 1.82) is 0 Å². The van der Waals surface area contributed by atoms with Crippen LogP contribution in [0.5, 0.6) is 5.75 Å². The fourth-order valence-electron chi connectivity index (χ4n) is 1.83. The van der Waals surface area contributed by atoms with Gasteiger partial charge in [-0.2, -0.15) is 0 Å². The van der Waals surface area contributed by atoms with E-state index in [4.69, 9.17) is 4.74 Å². The van der Waals surface area contributed by atoms with Crippen LogP contribution in [-0.4, -0.2) is 31.6 Å². The van der Waals surface area contributed by atoms with E-state index in [1.807, 2.05) is 26.0 Å². The van der Waals surface area contributed by atoms with E-state index >= 15 is 0 Å². The molecule has 6 heteroatoms. The summed E-state index contributed by atoms with van der Waals surface area (Å²) in [5.41, 5.74) is 1.64. The van der Waals surface area contributed by atoms with Crippen LogP contribution >= 0.6 is 0 Å². The number of rotatable bonds is 6. The van der Waals surface area contributed by atoms with Crippen molar-refractivity contribution in [1.82, 2.24) is 10.6 Å². The van der Waals surface area contributed by atoms with Crippen LogP contribution in [0.1, 0.15) is 26.3 Å². The van der Waals surface area contributed by atoms with Crippen molar-refractivity contribution in [2.75, 3.05) is 19.0 Å². The van der Waals surface area contributed by atoms with E-state index in [9.17, 15) is 9.59 Å². The molecule has 0 heterocycles. The number of amides is 3. The molecule has 0 saturated carbocycles. The summed E-state index contributed by atoms with van der Waals surface area (Å²) < 4.78 is 5.19. The predicted octanol–water partition coefficient (Wildman–Crippen LogP) is 1.90. The molecule has 0 bridgehead atoms. The number of carbonyl (C=O) groups excluding carboxylic acids is 2. The standard InChI is InChI=1S/C15H23N3O3/c1-10(2)17-15(20)16-8-7-12-5-6-14(21-4)13(9-12)18-11(3)19/h5-6,9-10H,7-8H2,1-4H3,(H,18,19)(H2,16,17,20). The number of hydrogen-bond acceptors (Lipinski definition) is 3. The van der Waals surface area contributed by atoms with Crippen LogP contribution in [0.25, 0.3) is 0 Å². The van der Waals surface area contributed by atoms with Gasteiger partial charge in [0, 0.05) is 19.5 Å². The van der Waals surface area contributed by atoms with Crippen molar-refractivity contribution >= 4 is 17.6 Å². The summed E-state index contributed by atoms with van der Waals surface area (Å²) in [4.78, 5) is 22.6. The number of carbonyl (C=O) groups is 2. The number of benzene rings is 1. The van der Waals surface area contributed by atoms with Gasteiger partial charge in [0.15, 0.2) is 0 Å². The molecule has 3 amide bonds. The van der Waals surface area contributed by atoms with Gasteiger partial charge in [0.05, 0.1) is 12.8 Å². The number of hydrogen-bond donors (Lipinski definition) is 3. The Morgan fingerprint density at radius 2 is 2.00 bits per heavy atom. The van der Waals surface area contributed by atoms with Crippen molar-refractivity contribution in [3.05, 3.63) is 23.8 Å². The largest absolute Gasteiger partial charge is 0.495 e. The summed E-state index contributed by atoms with van der Waals surface area (Å²) in [5, 5.41) is 8.27. The van der Waals surface area contributed by atoms with Gasteiger partial charge in [-0.15, -0.1) is 0 Å². The molecule has 0 saturated heterocycles. The number of anilines is 1. The van der Waals surface area contributed by atoms with Crippen molar-refractivity contribution in [2.45, 2.75) is 33.2 Å². The van der Waals surface area contributed by atoms with Gasteiger partial charge in [0.2, 0.25) is 5.91 Å². The first kappa shape index (κ1) is 16.8. The van der Waals surface area contributed by atoms with E-state index in [0.717, 1.165) is 5.56 Å². The minimum Gasteiger partial charge on any atom is -0.495 e. The summed E-state index contributed by atoms with van der Waals surface area (Å²) in [6.45, 7) is 5.78. The lowest BCUT2D eigenvalue weighted by Crippen LogP contribution is -2.40. The van der Waals surface area contributed by atoms with Crippen molar-refractivity contribution in [2.24, 2.45) is 0 Å². The van der Waals surface area contributed by atoms with E-state index in [0.29, 0.717) is 24.4 Å². The maximum atomic E-state index is 11.5. The molecule has 0 atom stereocenters. The van der Waals surface area contributed by atoms with E-state index in [-0.39, 0.29) is 18.0 Å². The first-order valence-electron chi connectivity index (χ1n) is 6.91. The van der Waals surface area contributed by atoms with Gasteiger partial charge in [0.25, 0.3) is 0 Å². The second-order valence-electron chi connectivity index (χ2n) is 5.02. The average Bonchev–Trinajstić information content (AvgIpc) is 2.37. The van der Waals surface area contributed by atoms with E-state index in [1.54, 1.807) is 13.2 Å². The van der Waals surface area contributed by atoms with E-state index < -0.39 is 0 Å². The Hall–Kier alpha value is -2.24. The zero-order valence-corrected chi connectivity index (χ0v) is 12.9. The molecule has 3 N–H and O–H groups in total. The molecule has 1 aromatic carbocycles. The van der Waals surface area contributed by atoms with Crippen LogP contribution in [0.2, 0.25) is 0 Å². The number of ether oxygens (including phenoxy) is 1. The zero-order chi connectivity index (χ0) is 15.8. The minimum atomic E-state index is -0.180. The fourth-order valence-corrected chi connectivity index (χ4v) is 1.83. The molecular formula is C15H23N3O3. The highest BCUT2D eigenvalue weighted by molar-refractivity contribution is 5.90. The number of urea groups is 1. The summed E-state index contributed by atoms with van der Waals surface area (Å²) in [5.74, 6) is 0.458. The molecule has 0 unspecified atom stereocenters. The van der Waals surface area contributed by atoms with Crippen LogP contribution in [-0.2, 0) is 11.2 Å². The molecule has 1 rings (SSSR count). The first-order valence-corrected chi connectivity index (χ1v) is 6.91. The topological polar surface area (TPSA) is 79.5 Å². The van der Waals surface area contributed by atoms with Crippen LogP contribution < -0.4 is 20.7 Å². The second-order valence-corrected chi connectivity index (χ2v) is 5.02. The lowest BCUT2D eigenvalue weighted by atomic mass is 10.1. The van der Waals surface area contributed by atoms with Crippen LogP contribution in [0.3, 0.4) is 0 Å². The molecule has 21 heavy (non-hydrogen) atoms. The summed E-state index contributed by atoms with van der Waals surface area (Å²) in [6.07, 6.45) is 0.669. The third-order valence-electron chi connectivity index (χ3n) is 2.69. The molecule has 0 aliphatic carbocycles. The normalized spacial score (nSPS) is 10.1. The summed E-state index contributed by atoms with van der Waals surface area (Å²) in [6, 6.07) is 5.49. The lowest BCUT2D eigenvalue weighted by molar-refractivity contribution is -0.114. The van der Waals surface area contributed by atoms with E-state index in [1.165, 1.54) is 6.92 Å². The predicted molar refractivity (Wildman–Crippen MR) is 82.7 cm³/mol. The minimum absolute atomic E-state index is 0.109. The Kier molecular flexibility index (Phi) is 6.52. The van der Waals surface area contributed by atoms with Crippen LogP contribution in [0.15, 0.2) is 18.2 Å². The monoisotopic (exact) mass is 293 g/mol. The molecule has 0 aromatic heterocycles. The summed E-state index contributed by atoms with van der Waals surface area (Å²) >= 11 is 0. The maximum Gasteiger partial charge on any atom is 0.314 e. The molecule has 0 aliphatic rings. The first-order chi connectivity index (χ1) is 9.92. The zero-order valence-electron chi connectivity index (χ0n) is 12.9. The van der Waals surface area contributed by atoms with Gasteiger partial charge in [-0.25, -0.2) is 4.79 Å². The quantitative estimate of drug-likeness (QED) is 0.749. The van der Waals surface area contributed by atoms with Crippen LogP contribution in [0, 0.1) is 0 Å². The number of nitrogens with one attached hydrogen (secondary N) is 3. The molecule has 0 fully saturated rings. The molecule has 1 aromatic rings. The highest BCUT2D eigenvalue weighted by atomic mass is 16.5. The second kappa shape index (κ2) is 8.14. The van der Waals surface area contributed by atoms with Crippen molar-refractivity contribution in [3.8, 4) is 5.75 Å². The van der Waals surface area contributed by atoms with Gasteiger partial charge >= 0.3 is 6.03 Å². The lowest BCUT2D eigenvalue weighted by Gasteiger charge is -2.12. The average molecular weight is 293 g/mol. The van der Waals surface area contributed by atoms with Crippen molar-refractivity contribution < 1.29 is 14.3 Å². The Balaban J connectivity index is 2.59. The SMILES string of the molecule is COc1ccc(CCNC(=O)NC(C)C)cc1NC(C)=O. The smallest absolute Gasteiger partial charge is 0.314 e. The molecule has 0 radical (unpaired) electrons. The third-order valence-corrected chi connectivity index (χ3v) is 2.69. The van der Waals surface area contributed by atoms with Gasteiger partial charge in [-0.3, -0.25) is 4.79 Å². The maximum absolute atomic E-state index is 11.5. The van der Waals surface area contributed by atoms with Gasteiger partial charge in [0.1, 0.15) is 5.75 Å². The molecule has 6 nitrogen and oxygen atoms in total. The van der Waals surface area contributed by atoms with Crippen LogP contribution in [0.4, 0.5) is 10.5 Å². The fraction of sp³-hybridized carbons (Fsp3) is 0.467. The third kappa shape index (κ3) is 6.16. The molecule has 0 spiro atoms. The van der Waals surface area contributed by atoms with Gasteiger partial charge in [-0.05, 0) is 38.0 Å². The Labute approximate surface area is 125 Å². The Morgan fingerprint density at radius 3 is 2.57 bits per heavy atom. The molecular weight excluding hydrogens is 270 g/mol. The Bertz CT molecular complexity index is 501. The highest BCUT2D eigenvalue weighted by Gasteiger charge is 2.07.